The van der Waals surface area contributed by atoms with Gasteiger partial charge in [-0.05, 0) is 42.5 Å². The minimum absolute atomic E-state index is 0.260. The molecule has 0 saturated heterocycles. The van der Waals surface area contributed by atoms with Crippen LogP contribution in [0.2, 0.25) is 10.0 Å². The summed E-state index contributed by atoms with van der Waals surface area (Å²) in [5.74, 6) is -0.287. The van der Waals surface area contributed by atoms with Crippen LogP contribution < -0.4 is 4.74 Å². The maximum absolute atomic E-state index is 10.7. The molecule has 2 aromatic carbocycles. The number of hydrogen-bond acceptors (Lipinski definition) is 5. The van der Waals surface area contributed by atoms with Crippen LogP contribution in [-0.4, -0.2) is 38.8 Å². The molecule has 1 heterocycles. The molecule has 0 spiro atoms. The van der Waals surface area contributed by atoms with Crippen molar-refractivity contribution in [2.75, 3.05) is 6.61 Å². The zero-order valence-electron chi connectivity index (χ0n) is 13.6. The first-order valence-corrected chi connectivity index (χ1v) is 8.73. The first-order valence-electron chi connectivity index (χ1n) is 7.56. The van der Waals surface area contributed by atoms with Gasteiger partial charge in [-0.25, -0.2) is 9.89 Å². The van der Waals surface area contributed by atoms with Crippen molar-refractivity contribution in [1.82, 2.24) is 14.9 Å². The van der Waals surface area contributed by atoms with E-state index in [9.17, 15) is 4.79 Å². The summed E-state index contributed by atoms with van der Waals surface area (Å²) in [6.45, 7) is -0.457. The summed E-state index contributed by atoms with van der Waals surface area (Å²) in [7, 11) is 0. The van der Waals surface area contributed by atoms with Gasteiger partial charge in [0.15, 0.2) is 12.4 Å². The average Bonchev–Trinajstić information content (AvgIpc) is 2.99. The third kappa shape index (κ3) is 4.54. The lowest BCUT2D eigenvalue weighted by molar-refractivity contribution is -0.139. The van der Waals surface area contributed by atoms with E-state index in [4.69, 9.17) is 45.3 Å². The molecular weight excluding hydrogens is 411 g/mol. The number of carboxylic acids is 1. The Morgan fingerprint density at radius 1 is 1.33 bits per heavy atom. The topological polar surface area (TPSA) is 92.5 Å². The summed E-state index contributed by atoms with van der Waals surface area (Å²) in [6, 6.07) is 11.9. The molecule has 0 unspecified atom stereocenters. The van der Waals surface area contributed by atoms with Crippen LogP contribution in [0.3, 0.4) is 0 Å². The summed E-state index contributed by atoms with van der Waals surface area (Å²) in [4.78, 5) is 10.7. The minimum Gasteiger partial charge on any atom is -0.481 e. The number of carbonyl (C=O) groups is 1. The SMILES string of the molecule is O=C(O)COc1ccccc1/C=N/n1c(-c2ccc(Cl)cc2Cl)n[nH]c1=S. The van der Waals surface area contributed by atoms with E-state index in [-0.39, 0.29) is 4.77 Å². The normalized spacial score (nSPS) is 11.0. The molecule has 1 aromatic heterocycles. The average molecular weight is 423 g/mol. The number of carboxylic acid groups (broad SMARTS) is 1. The molecule has 0 saturated carbocycles. The van der Waals surface area contributed by atoms with Crippen LogP contribution in [0.25, 0.3) is 11.4 Å². The Balaban J connectivity index is 1.97. The lowest BCUT2D eigenvalue weighted by Gasteiger charge is -2.07. The molecule has 138 valence electrons. The number of ether oxygens (including phenoxy) is 1. The van der Waals surface area contributed by atoms with E-state index in [2.05, 4.69) is 15.3 Å². The maximum Gasteiger partial charge on any atom is 0.341 e. The maximum atomic E-state index is 10.7. The van der Waals surface area contributed by atoms with Crippen LogP contribution in [-0.2, 0) is 4.79 Å². The van der Waals surface area contributed by atoms with Crippen molar-refractivity contribution in [3.63, 3.8) is 0 Å². The van der Waals surface area contributed by atoms with Gasteiger partial charge in [0.05, 0.1) is 11.2 Å². The van der Waals surface area contributed by atoms with Gasteiger partial charge in [0.2, 0.25) is 4.77 Å². The van der Waals surface area contributed by atoms with Crippen molar-refractivity contribution in [3.8, 4) is 17.1 Å². The zero-order valence-corrected chi connectivity index (χ0v) is 15.9. The molecule has 0 fully saturated rings. The molecular formula is C17H12Cl2N4O3S. The van der Waals surface area contributed by atoms with Crippen molar-refractivity contribution in [2.24, 2.45) is 5.10 Å². The summed E-state index contributed by atoms with van der Waals surface area (Å²) >= 11 is 17.4. The molecule has 7 nitrogen and oxygen atoms in total. The fourth-order valence-corrected chi connectivity index (χ4v) is 2.89. The molecule has 0 aliphatic carbocycles. The van der Waals surface area contributed by atoms with Gasteiger partial charge in [-0.3, -0.25) is 0 Å². The first kappa shape index (κ1) is 19.1. The minimum atomic E-state index is -1.07. The number of aliphatic carboxylic acids is 1. The predicted octanol–water partition coefficient (Wildman–Crippen LogP) is 4.26. The number of para-hydroxylation sites is 1. The summed E-state index contributed by atoms with van der Waals surface area (Å²) in [5, 5.41) is 20.9. The molecule has 0 amide bonds. The van der Waals surface area contributed by atoms with E-state index in [0.717, 1.165) is 0 Å². The number of hydrogen-bond donors (Lipinski definition) is 2. The van der Waals surface area contributed by atoms with Gasteiger partial charge in [-0.15, -0.1) is 0 Å². The summed E-state index contributed by atoms with van der Waals surface area (Å²) in [6.07, 6.45) is 1.50. The highest BCUT2D eigenvalue weighted by Gasteiger charge is 2.12. The third-order valence-electron chi connectivity index (χ3n) is 3.40. The van der Waals surface area contributed by atoms with Crippen molar-refractivity contribution in [1.29, 1.82) is 0 Å². The fourth-order valence-electron chi connectivity index (χ4n) is 2.22. The van der Waals surface area contributed by atoms with E-state index in [1.54, 1.807) is 42.5 Å². The lowest BCUT2D eigenvalue weighted by Crippen LogP contribution is -2.10. The number of rotatable bonds is 6. The van der Waals surface area contributed by atoms with Gasteiger partial charge in [-0.2, -0.15) is 14.9 Å². The number of aromatic nitrogens is 3. The second kappa shape index (κ2) is 8.34. The van der Waals surface area contributed by atoms with Gasteiger partial charge in [0, 0.05) is 16.1 Å². The Morgan fingerprint density at radius 2 is 2.11 bits per heavy atom. The van der Waals surface area contributed by atoms with E-state index >= 15 is 0 Å². The van der Waals surface area contributed by atoms with Crippen LogP contribution in [0.5, 0.6) is 5.75 Å². The highest BCUT2D eigenvalue weighted by Crippen LogP contribution is 2.29. The molecule has 0 atom stereocenters. The van der Waals surface area contributed by atoms with E-state index in [1.807, 2.05) is 0 Å². The molecule has 0 aliphatic heterocycles. The second-order valence-electron chi connectivity index (χ2n) is 5.25. The molecule has 3 aromatic rings. The number of aromatic amines is 1. The number of nitrogens with one attached hydrogen (secondary N) is 1. The Bertz CT molecular complexity index is 1080. The van der Waals surface area contributed by atoms with Gasteiger partial charge in [-0.1, -0.05) is 35.3 Å². The number of nitrogens with zero attached hydrogens (tertiary/aromatic N) is 3. The van der Waals surface area contributed by atoms with Crippen LogP contribution in [0, 0.1) is 4.77 Å². The van der Waals surface area contributed by atoms with E-state index < -0.39 is 12.6 Å². The van der Waals surface area contributed by atoms with Gasteiger partial charge >= 0.3 is 5.97 Å². The highest BCUT2D eigenvalue weighted by atomic mass is 35.5. The monoisotopic (exact) mass is 422 g/mol. The van der Waals surface area contributed by atoms with Gasteiger partial charge in [0.25, 0.3) is 0 Å². The third-order valence-corrected chi connectivity index (χ3v) is 4.22. The largest absolute Gasteiger partial charge is 0.481 e. The zero-order chi connectivity index (χ0) is 19.4. The number of halogens is 2. The van der Waals surface area contributed by atoms with Crippen molar-refractivity contribution in [2.45, 2.75) is 0 Å². The van der Waals surface area contributed by atoms with Crippen molar-refractivity contribution < 1.29 is 14.6 Å². The molecule has 3 rings (SSSR count). The standard InChI is InChI=1S/C17H12Cl2N4O3S/c18-11-5-6-12(13(19)7-11)16-21-22-17(27)23(16)20-8-10-3-1-2-4-14(10)26-9-15(24)25/h1-8H,9H2,(H,22,27)(H,24,25)/b20-8+. The smallest absolute Gasteiger partial charge is 0.341 e. The lowest BCUT2D eigenvalue weighted by atomic mass is 10.2. The molecule has 0 radical (unpaired) electrons. The Labute approximate surface area is 168 Å². The number of benzene rings is 2. The highest BCUT2D eigenvalue weighted by molar-refractivity contribution is 7.71. The Morgan fingerprint density at radius 3 is 2.85 bits per heavy atom. The van der Waals surface area contributed by atoms with Crippen LogP contribution in [0.15, 0.2) is 47.6 Å². The van der Waals surface area contributed by atoms with Crippen molar-refractivity contribution >= 4 is 47.6 Å². The molecule has 0 aliphatic rings. The van der Waals surface area contributed by atoms with Crippen LogP contribution >= 0.6 is 35.4 Å². The molecule has 0 bridgehead atoms. The fraction of sp³-hybridized carbons (Fsp3) is 0.0588. The molecule has 27 heavy (non-hydrogen) atoms. The quantitative estimate of drug-likeness (QED) is 0.457. The summed E-state index contributed by atoms with van der Waals surface area (Å²) in [5.41, 5.74) is 1.18. The van der Waals surface area contributed by atoms with E-state index in [0.29, 0.717) is 32.7 Å². The molecule has 10 heteroatoms. The Kier molecular flexibility index (Phi) is 5.90. The number of H-pyrrole nitrogens is 1. The van der Waals surface area contributed by atoms with E-state index in [1.165, 1.54) is 10.9 Å². The van der Waals surface area contributed by atoms with Crippen LogP contribution in [0.4, 0.5) is 0 Å². The second-order valence-corrected chi connectivity index (χ2v) is 6.48. The van der Waals surface area contributed by atoms with Gasteiger partial charge in [0.1, 0.15) is 5.75 Å². The van der Waals surface area contributed by atoms with Crippen LogP contribution in [0.1, 0.15) is 5.56 Å². The van der Waals surface area contributed by atoms with Crippen molar-refractivity contribution in [3.05, 3.63) is 62.8 Å². The summed E-state index contributed by atoms with van der Waals surface area (Å²) < 4.78 is 6.92. The molecule has 2 N–H and O–H groups in total. The predicted molar refractivity (Wildman–Crippen MR) is 105 cm³/mol. The van der Waals surface area contributed by atoms with Gasteiger partial charge < -0.3 is 9.84 Å². The first-order chi connectivity index (χ1) is 13.0. The Hall–Kier alpha value is -2.68.